The summed E-state index contributed by atoms with van der Waals surface area (Å²) in [5, 5.41) is 3.94. The van der Waals surface area contributed by atoms with Crippen LogP contribution in [0.25, 0.3) is 10.9 Å². The van der Waals surface area contributed by atoms with E-state index in [0.717, 1.165) is 19.3 Å². The van der Waals surface area contributed by atoms with Crippen LogP contribution in [-0.2, 0) is 13.5 Å². The summed E-state index contributed by atoms with van der Waals surface area (Å²) in [5.41, 5.74) is 2.16. The van der Waals surface area contributed by atoms with Crippen molar-refractivity contribution in [3.63, 3.8) is 0 Å². The lowest BCUT2D eigenvalue weighted by atomic mass is 10.1. The SMILES string of the molecule is CCCCc1ccc(C(=O)NC(C)c2nc3cc(Cl)ccc3c(=O)n2C)cc1. The predicted molar refractivity (Wildman–Crippen MR) is 113 cm³/mol. The van der Waals surface area contributed by atoms with E-state index in [4.69, 9.17) is 11.6 Å². The van der Waals surface area contributed by atoms with Crippen molar-refractivity contribution in [1.82, 2.24) is 14.9 Å². The third-order valence-electron chi connectivity index (χ3n) is 4.84. The van der Waals surface area contributed by atoms with Crippen LogP contribution in [0.15, 0.2) is 47.3 Å². The number of hydrogen-bond donors (Lipinski definition) is 1. The molecule has 5 nitrogen and oxygen atoms in total. The molecule has 3 rings (SSSR count). The van der Waals surface area contributed by atoms with Gasteiger partial charge in [0.15, 0.2) is 0 Å². The Hall–Kier alpha value is -2.66. The van der Waals surface area contributed by atoms with Gasteiger partial charge < -0.3 is 5.32 Å². The second-order valence-electron chi connectivity index (χ2n) is 6.99. The van der Waals surface area contributed by atoms with Gasteiger partial charge >= 0.3 is 0 Å². The molecule has 1 aromatic heterocycles. The number of amides is 1. The van der Waals surface area contributed by atoms with Crippen molar-refractivity contribution in [3.05, 3.63) is 74.8 Å². The summed E-state index contributed by atoms with van der Waals surface area (Å²) in [6.45, 7) is 3.97. The molecule has 28 heavy (non-hydrogen) atoms. The lowest BCUT2D eigenvalue weighted by molar-refractivity contribution is 0.0937. The number of hydrogen-bond acceptors (Lipinski definition) is 3. The Morgan fingerprint density at radius 2 is 1.93 bits per heavy atom. The molecule has 0 saturated carbocycles. The molecule has 0 saturated heterocycles. The van der Waals surface area contributed by atoms with Crippen LogP contribution in [0.5, 0.6) is 0 Å². The van der Waals surface area contributed by atoms with Crippen molar-refractivity contribution in [2.75, 3.05) is 0 Å². The Bertz CT molecular complexity index is 1060. The highest BCUT2D eigenvalue weighted by atomic mass is 35.5. The number of aromatic nitrogens is 2. The summed E-state index contributed by atoms with van der Waals surface area (Å²) in [6.07, 6.45) is 3.29. The summed E-state index contributed by atoms with van der Waals surface area (Å²) in [7, 11) is 1.66. The summed E-state index contributed by atoms with van der Waals surface area (Å²) < 4.78 is 1.47. The van der Waals surface area contributed by atoms with Crippen molar-refractivity contribution in [2.45, 2.75) is 39.2 Å². The van der Waals surface area contributed by atoms with Gasteiger partial charge in [0.1, 0.15) is 5.82 Å². The number of carbonyl (C=O) groups is 1. The lowest BCUT2D eigenvalue weighted by Crippen LogP contribution is -2.32. The number of unbranched alkanes of at least 4 members (excludes halogenated alkanes) is 1. The van der Waals surface area contributed by atoms with Crippen LogP contribution in [0.3, 0.4) is 0 Å². The highest BCUT2D eigenvalue weighted by Crippen LogP contribution is 2.18. The average Bonchev–Trinajstić information content (AvgIpc) is 2.69. The third-order valence-corrected chi connectivity index (χ3v) is 5.08. The summed E-state index contributed by atoms with van der Waals surface area (Å²) in [5.74, 6) is 0.280. The summed E-state index contributed by atoms with van der Waals surface area (Å²) >= 11 is 6.03. The molecule has 2 aromatic carbocycles. The Morgan fingerprint density at radius 3 is 2.61 bits per heavy atom. The maximum absolute atomic E-state index is 12.6. The zero-order chi connectivity index (χ0) is 20.3. The van der Waals surface area contributed by atoms with Crippen molar-refractivity contribution in [3.8, 4) is 0 Å². The number of fused-ring (bicyclic) bond motifs is 1. The number of halogens is 1. The van der Waals surface area contributed by atoms with E-state index in [1.54, 1.807) is 25.2 Å². The molecular formula is C22H24ClN3O2. The molecule has 1 N–H and O–H groups in total. The van der Waals surface area contributed by atoms with Crippen molar-refractivity contribution in [1.29, 1.82) is 0 Å². The fourth-order valence-electron chi connectivity index (χ4n) is 3.20. The van der Waals surface area contributed by atoms with Crippen molar-refractivity contribution < 1.29 is 4.79 Å². The van der Waals surface area contributed by atoms with Crippen molar-refractivity contribution in [2.24, 2.45) is 7.05 Å². The maximum Gasteiger partial charge on any atom is 0.261 e. The number of benzene rings is 2. The van der Waals surface area contributed by atoms with Gasteiger partial charge in [0.2, 0.25) is 0 Å². The molecule has 1 amide bonds. The van der Waals surface area contributed by atoms with E-state index in [2.05, 4.69) is 17.2 Å². The van der Waals surface area contributed by atoms with Gasteiger partial charge in [0.25, 0.3) is 11.5 Å². The van der Waals surface area contributed by atoms with Gasteiger partial charge in [-0.2, -0.15) is 0 Å². The van der Waals surface area contributed by atoms with Gasteiger partial charge in [-0.15, -0.1) is 0 Å². The molecule has 0 spiro atoms. The summed E-state index contributed by atoms with van der Waals surface area (Å²) in [6, 6.07) is 12.2. The first-order valence-corrected chi connectivity index (χ1v) is 9.84. The molecule has 0 aliphatic rings. The quantitative estimate of drug-likeness (QED) is 0.669. The second kappa shape index (κ2) is 8.57. The minimum absolute atomic E-state index is 0.168. The van der Waals surface area contributed by atoms with E-state index in [1.165, 1.54) is 10.1 Å². The molecule has 0 radical (unpaired) electrons. The highest BCUT2D eigenvalue weighted by Gasteiger charge is 2.17. The van der Waals surface area contributed by atoms with E-state index in [9.17, 15) is 9.59 Å². The number of carbonyl (C=O) groups excluding carboxylic acids is 1. The van der Waals surface area contributed by atoms with Gasteiger partial charge in [-0.1, -0.05) is 37.1 Å². The van der Waals surface area contributed by atoms with E-state index in [1.807, 2.05) is 31.2 Å². The summed E-state index contributed by atoms with van der Waals surface area (Å²) in [4.78, 5) is 29.8. The van der Waals surface area contributed by atoms with E-state index < -0.39 is 6.04 Å². The zero-order valence-corrected chi connectivity index (χ0v) is 17.1. The zero-order valence-electron chi connectivity index (χ0n) is 16.3. The maximum atomic E-state index is 12.6. The molecule has 0 aliphatic carbocycles. The van der Waals surface area contributed by atoms with Crippen LogP contribution in [0, 0.1) is 0 Å². The van der Waals surface area contributed by atoms with Crippen LogP contribution in [0.2, 0.25) is 5.02 Å². The molecule has 3 aromatic rings. The predicted octanol–water partition coefficient (Wildman–Crippen LogP) is 4.42. The van der Waals surface area contributed by atoms with Gasteiger partial charge in [0.05, 0.1) is 16.9 Å². The third kappa shape index (κ3) is 4.25. The van der Waals surface area contributed by atoms with E-state index in [-0.39, 0.29) is 11.5 Å². The Morgan fingerprint density at radius 1 is 1.21 bits per heavy atom. The fourth-order valence-corrected chi connectivity index (χ4v) is 3.36. The number of rotatable bonds is 6. The Balaban J connectivity index is 1.82. The first-order valence-electron chi connectivity index (χ1n) is 9.46. The molecule has 1 unspecified atom stereocenters. The molecule has 0 fully saturated rings. The van der Waals surface area contributed by atoms with Gasteiger partial charge in [0, 0.05) is 17.6 Å². The van der Waals surface area contributed by atoms with Crippen LogP contribution < -0.4 is 10.9 Å². The van der Waals surface area contributed by atoms with E-state index >= 15 is 0 Å². The van der Waals surface area contributed by atoms with Gasteiger partial charge in [-0.05, 0) is 55.7 Å². The van der Waals surface area contributed by atoms with Gasteiger partial charge in [-0.3, -0.25) is 14.2 Å². The first kappa shape index (κ1) is 20.1. The Kier molecular flexibility index (Phi) is 6.15. The number of nitrogens with zero attached hydrogens (tertiary/aromatic N) is 2. The average molecular weight is 398 g/mol. The number of nitrogens with one attached hydrogen (secondary N) is 1. The first-order chi connectivity index (χ1) is 13.4. The highest BCUT2D eigenvalue weighted by molar-refractivity contribution is 6.31. The molecule has 0 bridgehead atoms. The number of aryl methyl sites for hydroxylation is 1. The normalized spacial score (nSPS) is 12.1. The van der Waals surface area contributed by atoms with Crippen LogP contribution in [-0.4, -0.2) is 15.5 Å². The molecular weight excluding hydrogens is 374 g/mol. The smallest absolute Gasteiger partial charge is 0.261 e. The van der Waals surface area contributed by atoms with Crippen LogP contribution >= 0.6 is 11.6 Å². The second-order valence-corrected chi connectivity index (χ2v) is 7.43. The minimum Gasteiger partial charge on any atom is -0.342 e. The van der Waals surface area contributed by atoms with Crippen LogP contribution in [0.1, 0.15) is 54.5 Å². The standard InChI is InChI=1S/C22H24ClN3O2/c1-4-5-6-15-7-9-16(10-8-15)21(27)24-14(2)20-25-19-13-17(23)11-12-18(19)22(28)26(20)3/h7-14H,4-6H2,1-3H3,(H,24,27). The molecule has 1 heterocycles. The topological polar surface area (TPSA) is 64.0 Å². The Labute approximate surface area is 169 Å². The minimum atomic E-state index is -0.437. The molecule has 146 valence electrons. The largest absolute Gasteiger partial charge is 0.342 e. The molecule has 0 aliphatic heterocycles. The monoisotopic (exact) mass is 397 g/mol. The van der Waals surface area contributed by atoms with Crippen LogP contribution in [0.4, 0.5) is 0 Å². The fraction of sp³-hybridized carbons (Fsp3) is 0.318. The molecule has 6 heteroatoms. The van der Waals surface area contributed by atoms with Gasteiger partial charge in [-0.25, -0.2) is 4.98 Å². The lowest BCUT2D eigenvalue weighted by Gasteiger charge is -2.17. The van der Waals surface area contributed by atoms with Crippen molar-refractivity contribution >= 4 is 28.4 Å². The molecule has 1 atom stereocenters. The van der Waals surface area contributed by atoms with E-state index in [0.29, 0.717) is 27.3 Å².